The van der Waals surface area contributed by atoms with Crippen LogP contribution in [0.2, 0.25) is 0 Å². The van der Waals surface area contributed by atoms with E-state index in [1.165, 1.54) is 23.5 Å². The van der Waals surface area contributed by atoms with Crippen LogP contribution >= 0.6 is 11.3 Å². The van der Waals surface area contributed by atoms with Crippen molar-refractivity contribution in [1.82, 2.24) is 14.3 Å². The standard InChI is InChI=1S/C20H20FN3O4S/c1-2-28-18(25)9-15-11-27-8-7-23(15)19(26)17-12-29-20-22-16(10-24(17)20)13-3-5-14(21)6-4-13/h3-6,10,12,15H,2,7-9,11H2,1H3/t15-/m1/s1. The molecule has 0 bridgehead atoms. The van der Waals surface area contributed by atoms with Gasteiger partial charge in [0.1, 0.15) is 11.5 Å². The lowest BCUT2D eigenvalue weighted by Crippen LogP contribution is -2.50. The Hall–Kier alpha value is -2.78. The molecule has 2 aromatic heterocycles. The number of carbonyl (C=O) groups excluding carboxylic acids is 2. The Bertz CT molecular complexity index is 1030. The van der Waals surface area contributed by atoms with Crippen molar-refractivity contribution in [3.63, 3.8) is 0 Å². The molecule has 1 aliphatic rings. The largest absolute Gasteiger partial charge is 0.466 e. The summed E-state index contributed by atoms with van der Waals surface area (Å²) in [7, 11) is 0. The first-order valence-electron chi connectivity index (χ1n) is 9.33. The van der Waals surface area contributed by atoms with Crippen molar-refractivity contribution in [2.75, 3.05) is 26.4 Å². The van der Waals surface area contributed by atoms with Gasteiger partial charge in [-0.3, -0.25) is 14.0 Å². The summed E-state index contributed by atoms with van der Waals surface area (Å²) in [5, 5.41) is 1.76. The van der Waals surface area contributed by atoms with Crippen molar-refractivity contribution in [1.29, 1.82) is 0 Å². The van der Waals surface area contributed by atoms with E-state index in [0.717, 1.165) is 5.56 Å². The van der Waals surface area contributed by atoms with Crippen LogP contribution < -0.4 is 0 Å². The van der Waals surface area contributed by atoms with E-state index in [1.807, 2.05) is 0 Å². The molecule has 29 heavy (non-hydrogen) atoms. The number of benzene rings is 1. The normalized spacial score (nSPS) is 16.9. The number of morpholine rings is 1. The van der Waals surface area contributed by atoms with Crippen molar-refractivity contribution < 1.29 is 23.5 Å². The van der Waals surface area contributed by atoms with E-state index in [1.54, 1.807) is 39.9 Å². The lowest BCUT2D eigenvalue weighted by Gasteiger charge is -2.34. The van der Waals surface area contributed by atoms with E-state index in [4.69, 9.17) is 9.47 Å². The van der Waals surface area contributed by atoms with Gasteiger partial charge in [-0.1, -0.05) is 0 Å². The summed E-state index contributed by atoms with van der Waals surface area (Å²) in [6.07, 6.45) is 1.87. The minimum atomic E-state index is -0.370. The highest BCUT2D eigenvalue weighted by Gasteiger charge is 2.32. The van der Waals surface area contributed by atoms with Gasteiger partial charge in [0.15, 0.2) is 4.96 Å². The second kappa shape index (κ2) is 8.30. The highest BCUT2D eigenvalue weighted by atomic mass is 32.1. The van der Waals surface area contributed by atoms with Gasteiger partial charge in [0.05, 0.1) is 38.0 Å². The van der Waals surface area contributed by atoms with Gasteiger partial charge in [-0.15, -0.1) is 11.3 Å². The first-order valence-corrected chi connectivity index (χ1v) is 10.2. The molecule has 4 rings (SSSR count). The average Bonchev–Trinajstić information content (AvgIpc) is 3.29. The SMILES string of the molecule is CCOC(=O)C[C@@H]1COCCN1C(=O)c1csc2nc(-c3ccc(F)cc3)cn12. The topological polar surface area (TPSA) is 73.1 Å². The molecule has 0 spiro atoms. The van der Waals surface area contributed by atoms with E-state index in [0.29, 0.717) is 42.7 Å². The fourth-order valence-electron chi connectivity index (χ4n) is 3.35. The first-order chi connectivity index (χ1) is 14.1. The van der Waals surface area contributed by atoms with E-state index in [9.17, 15) is 14.0 Å². The Labute approximate surface area is 170 Å². The maximum absolute atomic E-state index is 13.2. The number of ether oxygens (including phenoxy) is 2. The molecule has 9 heteroatoms. The molecule has 7 nitrogen and oxygen atoms in total. The van der Waals surface area contributed by atoms with E-state index >= 15 is 0 Å². The van der Waals surface area contributed by atoms with Crippen molar-refractivity contribution in [3.05, 3.63) is 47.4 Å². The number of hydrogen-bond acceptors (Lipinski definition) is 6. The lowest BCUT2D eigenvalue weighted by atomic mass is 10.1. The summed E-state index contributed by atoms with van der Waals surface area (Å²) in [5.41, 5.74) is 1.91. The second-order valence-corrected chi connectivity index (χ2v) is 7.48. The molecule has 3 heterocycles. The van der Waals surface area contributed by atoms with Crippen molar-refractivity contribution in [2.24, 2.45) is 0 Å². The fraction of sp³-hybridized carbons (Fsp3) is 0.350. The average molecular weight is 417 g/mol. The molecule has 1 atom stereocenters. The molecule has 3 aromatic rings. The minimum Gasteiger partial charge on any atom is -0.466 e. The maximum Gasteiger partial charge on any atom is 0.307 e. The number of hydrogen-bond donors (Lipinski definition) is 0. The molecule has 0 N–H and O–H groups in total. The molecule has 1 aromatic carbocycles. The van der Waals surface area contributed by atoms with Crippen molar-refractivity contribution in [3.8, 4) is 11.3 Å². The summed E-state index contributed by atoms with van der Waals surface area (Å²) in [6, 6.07) is 5.69. The van der Waals surface area contributed by atoms with Gasteiger partial charge in [-0.25, -0.2) is 9.37 Å². The molecule has 1 amide bonds. The molecule has 0 unspecified atom stereocenters. The molecule has 0 radical (unpaired) electrons. The molecular weight excluding hydrogens is 397 g/mol. The van der Waals surface area contributed by atoms with Gasteiger partial charge in [0.25, 0.3) is 5.91 Å². The molecule has 1 aliphatic heterocycles. The van der Waals surface area contributed by atoms with Crippen molar-refractivity contribution in [2.45, 2.75) is 19.4 Å². The highest BCUT2D eigenvalue weighted by molar-refractivity contribution is 7.15. The molecule has 1 saturated heterocycles. The molecular formula is C20H20FN3O4S. The van der Waals surface area contributed by atoms with Gasteiger partial charge in [0, 0.05) is 23.7 Å². The molecule has 0 saturated carbocycles. The third-order valence-corrected chi connectivity index (χ3v) is 5.60. The number of nitrogens with zero attached hydrogens (tertiary/aromatic N) is 3. The summed E-state index contributed by atoms with van der Waals surface area (Å²) >= 11 is 1.36. The van der Waals surface area contributed by atoms with Crippen LogP contribution in [0.1, 0.15) is 23.8 Å². The monoisotopic (exact) mass is 417 g/mol. The minimum absolute atomic E-state index is 0.0949. The van der Waals surface area contributed by atoms with Gasteiger partial charge in [0.2, 0.25) is 0 Å². The highest BCUT2D eigenvalue weighted by Crippen LogP contribution is 2.25. The van der Waals surface area contributed by atoms with Crippen LogP contribution in [0.15, 0.2) is 35.8 Å². The Balaban J connectivity index is 1.60. The van der Waals surface area contributed by atoms with Crippen LogP contribution in [-0.4, -0.2) is 58.6 Å². The number of thiazole rings is 1. The molecule has 0 aliphatic carbocycles. The number of halogens is 1. The molecule has 152 valence electrons. The van der Waals surface area contributed by atoms with Crippen LogP contribution in [0.4, 0.5) is 4.39 Å². The summed E-state index contributed by atoms with van der Waals surface area (Å²) in [5.74, 6) is -0.847. The zero-order valence-corrected chi connectivity index (χ0v) is 16.7. The van der Waals surface area contributed by atoms with Crippen LogP contribution in [0.3, 0.4) is 0 Å². The quantitative estimate of drug-likeness (QED) is 0.597. The van der Waals surface area contributed by atoms with E-state index < -0.39 is 0 Å². The zero-order chi connectivity index (χ0) is 20.4. The number of carbonyl (C=O) groups is 2. The van der Waals surface area contributed by atoms with Gasteiger partial charge in [-0.2, -0.15) is 0 Å². The predicted octanol–water partition coefficient (Wildman–Crippen LogP) is 3.00. The molecule has 1 fully saturated rings. The number of esters is 1. The van der Waals surface area contributed by atoms with Gasteiger partial charge in [-0.05, 0) is 31.2 Å². The predicted molar refractivity (Wildman–Crippen MR) is 105 cm³/mol. The van der Waals surface area contributed by atoms with Crippen LogP contribution in [-0.2, 0) is 14.3 Å². The fourth-order valence-corrected chi connectivity index (χ4v) is 4.20. The number of fused-ring (bicyclic) bond motifs is 1. The summed E-state index contributed by atoms with van der Waals surface area (Å²) < 4.78 is 25.4. The Morgan fingerprint density at radius 1 is 1.34 bits per heavy atom. The Morgan fingerprint density at radius 3 is 2.90 bits per heavy atom. The second-order valence-electron chi connectivity index (χ2n) is 6.64. The van der Waals surface area contributed by atoms with E-state index in [2.05, 4.69) is 4.98 Å². The zero-order valence-electron chi connectivity index (χ0n) is 15.8. The Morgan fingerprint density at radius 2 is 2.14 bits per heavy atom. The van der Waals surface area contributed by atoms with Crippen LogP contribution in [0.25, 0.3) is 16.2 Å². The van der Waals surface area contributed by atoms with Gasteiger partial charge < -0.3 is 14.4 Å². The smallest absolute Gasteiger partial charge is 0.307 e. The third kappa shape index (κ3) is 4.01. The van der Waals surface area contributed by atoms with Crippen molar-refractivity contribution >= 4 is 28.2 Å². The number of imidazole rings is 1. The van der Waals surface area contributed by atoms with Crippen LogP contribution in [0.5, 0.6) is 0 Å². The summed E-state index contributed by atoms with van der Waals surface area (Å²) in [4.78, 5) is 32.0. The van der Waals surface area contributed by atoms with E-state index in [-0.39, 0.29) is 30.2 Å². The lowest BCUT2D eigenvalue weighted by molar-refractivity contribution is -0.145. The summed E-state index contributed by atoms with van der Waals surface area (Å²) in [6.45, 7) is 3.16. The van der Waals surface area contributed by atoms with Gasteiger partial charge >= 0.3 is 5.97 Å². The first kappa shape index (κ1) is 19.5. The Kier molecular flexibility index (Phi) is 5.59. The number of rotatable bonds is 5. The van der Waals surface area contributed by atoms with Crippen LogP contribution in [0, 0.1) is 5.82 Å². The number of amides is 1. The maximum atomic E-state index is 13.2. The number of aromatic nitrogens is 2. The third-order valence-electron chi connectivity index (χ3n) is 4.76.